The van der Waals surface area contributed by atoms with Crippen LogP contribution in [0.15, 0.2) is 0 Å². The van der Waals surface area contributed by atoms with E-state index in [2.05, 4.69) is 10.0 Å². The van der Waals surface area contributed by atoms with Crippen LogP contribution in [0.5, 0.6) is 0 Å². The van der Waals surface area contributed by atoms with Crippen LogP contribution in [-0.2, 0) is 25.6 Å². The Balaban J connectivity index is 4.47. The molecule has 120 valence electrons. The lowest BCUT2D eigenvalue weighted by Gasteiger charge is -2.21. The Bertz CT molecular complexity index is 453. The molecule has 0 saturated heterocycles. The first-order valence-electron chi connectivity index (χ1n) is 6.48. The van der Waals surface area contributed by atoms with Crippen molar-refractivity contribution in [3.63, 3.8) is 0 Å². The van der Waals surface area contributed by atoms with Crippen LogP contribution in [0.4, 0.5) is 0 Å². The van der Waals surface area contributed by atoms with Gasteiger partial charge in [-0.25, -0.2) is 13.1 Å². The molecule has 0 aliphatic rings. The van der Waals surface area contributed by atoms with E-state index in [1.54, 1.807) is 13.8 Å². The first kappa shape index (κ1) is 19.5. The Hall–Kier alpha value is -0.470. The fourth-order valence-corrected chi connectivity index (χ4v) is 3.15. The van der Waals surface area contributed by atoms with Crippen LogP contribution in [0.1, 0.15) is 34.6 Å². The molecule has 0 fully saturated rings. The van der Waals surface area contributed by atoms with Gasteiger partial charge in [-0.3, -0.25) is 9.00 Å². The molecule has 8 heteroatoms. The largest absolute Gasteiger partial charge is 0.354 e. The van der Waals surface area contributed by atoms with Crippen molar-refractivity contribution in [2.45, 2.75) is 45.4 Å². The van der Waals surface area contributed by atoms with Crippen molar-refractivity contribution < 1.29 is 17.4 Å². The van der Waals surface area contributed by atoms with Crippen molar-refractivity contribution in [1.82, 2.24) is 10.0 Å². The lowest BCUT2D eigenvalue weighted by atomic mass is 10.1. The highest BCUT2D eigenvalue weighted by atomic mass is 32.2. The molecule has 0 unspecified atom stereocenters. The van der Waals surface area contributed by atoms with Gasteiger partial charge in [0, 0.05) is 27.8 Å². The first-order chi connectivity index (χ1) is 8.84. The molecule has 0 bridgehead atoms. The third-order valence-electron chi connectivity index (χ3n) is 2.56. The zero-order valence-electron chi connectivity index (χ0n) is 13.0. The van der Waals surface area contributed by atoms with Crippen LogP contribution >= 0.6 is 0 Å². The summed E-state index contributed by atoms with van der Waals surface area (Å²) in [5, 5.41) is 2.63. The molecule has 6 nitrogen and oxygen atoms in total. The number of amides is 1. The lowest BCUT2D eigenvalue weighted by Crippen LogP contribution is -2.50. The van der Waals surface area contributed by atoms with Crippen molar-refractivity contribution in [3.8, 4) is 0 Å². The standard InChI is InChI=1S/C12H26N2O4S2/c1-9(2)10(14-20(6,17)18)11(15)13-7-8-19(16)12(3,4)5/h9-10,14H,7-8H2,1-6H3,(H,13,15)/t10-,19+/m0/s1. The average Bonchev–Trinajstić information content (AvgIpc) is 2.22. The fraction of sp³-hybridized carbons (Fsp3) is 0.917. The molecule has 0 aromatic rings. The van der Waals surface area contributed by atoms with Gasteiger partial charge in [0.05, 0.1) is 6.26 Å². The number of hydrogen-bond acceptors (Lipinski definition) is 4. The molecule has 20 heavy (non-hydrogen) atoms. The SMILES string of the molecule is CC(C)[C@H](NS(C)(=O)=O)C(=O)NCC[S@@](=O)C(C)(C)C. The highest BCUT2D eigenvalue weighted by Gasteiger charge is 2.25. The predicted molar refractivity (Wildman–Crippen MR) is 82.4 cm³/mol. The summed E-state index contributed by atoms with van der Waals surface area (Å²) in [6, 6.07) is -0.812. The molecule has 1 amide bonds. The minimum atomic E-state index is -3.45. The molecule has 0 aromatic carbocycles. The van der Waals surface area contributed by atoms with E-state index in [0.717, 1.165) is 6.26 Å². The van der Waals surface area contributed by atoms with E-state index in [1.807, 2.05) is 20.8 Å². The minimum absolute atomic E-state index is 0.169. The Morgan fingerprint density at radius 2 is 1.75 bits per heavy atom. The van der Waals surface area contributed by atoms with Gasteiger partial charge < -0.3 is 5.32 Å². The summed E-state index contributed by atoms with van der Waals surface area (Å²) in [5.74, 6) is -0.215. The number of nitrogens with one attached hydrogen (secondary N) is 2. The Kier molecular flexibility index (Phi) is 7.34. The number of hydrogen-bond donors (Lipinski definition) is 2. The molecule has 0 aliphatic carbocycles. The van der Waals surface area contributed by atoms with Gasteiger partial charge in [0.25, 0.3) is 0 Å². The van der Waals surface area contributed by atoms with Crippen LogP contribution in [-0.4, -0.2) is 47.9 Å². The summed E-state index contributed by atoms with van der Waals surface area (Å²) in [6.07, 6.45) is 1.02. The normalized spacial score (nSPS) is 15.9. The van der Waals surface area contributed by atoms with Crippen LogP contribution < -0.4 is 10.0 Å². The van der Waals surface area contributed by atoms with Crippen LogP contribution in [0.25, 0.3) is 0 Å². The Morgan fingerprint density at radius 1 is 1.25 bits per heavy atom. The molecule has 0 spiro atoms. The lowest BCUT2D eigenvalue weighted by molar-refractivity contribution is -0.123. The van der Waals surface area contributed by atoms with Gasteiger partial charge in [-0.15, -0.1) is 0 Å². The third kappa shape index (κ3) is 7.96. The number of sulfonamides is 1. The molecule has 0 radical (unpaired) electrons. The second-order valence-corrected chi connectivity index (χ2v) is 10.2. The van der Waals surface area contributed by atoms with Gasteiger partial charge in [0.2, 0.25) is 15.9 Å². The second-order valence-electron chi connectivity index (χ2n) is 6.06. The zero-order valence-corrected chi connectivity index (χ0v) is 14.7. The predicted octanol–water partition coefficient (Wildman–Crippen LogP) is 0.224. The average molecular weight is 326 g/mol. The quantitative estimate of drug-likeness (QED) is 0.700. The van der Waals surface area contributed by atoms with Gasteiger partial charge in [0.15, 0.2) is 0 Å². The maximum atomic E-state index is 12.0. The molecule has 0 saturated carbocycles. The van der Waals surface area contributed by atoms with Crippen molar-refractivity contribution in [1.29, 1.82) is 0 Å². The minimum Gasteiger partial charge on any atom is -0.354 e. The van der Waals surface area contributed by atoms with Crippen molar-refractivity contribution in [2.24, 2.45) is 5.92 Å². The second kappa shape index (κ2) is 7.51. The molecule has 2 atom stereocenters. The van der Waals surface area contributed by atoms with Gasteiger partial charge in [-0.1, -0.05) is 13.8 Å². The molecule has 0 aliphatic heterocycles. The van der Waals surface area contributed by atoms with Crippen molar-refractivity contribution >= 4 is 26.7 Å². The van der Waals surface area contributed by atoms with Gasteiger partial charge in [-0.2, -0.15) is 0 Å². The topological polar surface area (TPSA) is 92.3 Å². The van der Waals surface area contributed by atoms with Gasteiger partial charge in [-0.05, 0) is 26.7 Å². The number of carbonyl (C=O) groups excluding carboxylic acids is 1. The molecule has 2 N–H and O–H groups in total. The fourth-order valence-electron chi connectivity index (χ4n) is 1.41. The van der Waals surface area contributed by atoms with E-state index in [4.69, 9.17) is 0 Å². The Morgan fingerprint density at radius 3 is 2.10 bits per heavy atom. The van der Waals surface area contributed by atoms with Crippen molar-refractivity contribution in [2.75, 3.05) is 18.6 Å². The summed E-state index contributed by atoms with van der Waals surface area (Å²) in [7, 11) is -4.50. The maximum absolute atomic E-state index is 12.0. The van der Waals surface area contributed by atoms with Crippen LogP contribution in [0, 0.1) is 5.92 Å². The zero-order chi connectivity index (χ0) is 16.1. The summed E-state index contributed by atoms with van der Waals surface area (Å²) < 4.78 is 36.3. The molecule has 0 aromatic heterocycles. The third-order valence-corrected chi connectivity index (χ3v) is 5.18. The number of carbonyl (C=O) groups is 1. The molecule has 0 rings (SSSR count). The van der Waals surface area contributed by atoms with E-state index < -0.39 is 32.8 Å². The van der Waals surface area contributed by atoms with E-state index in [1.165, 1.54) is 0 Å². The van der Waals surface area contributed by atoms with Crippen LogP contribution in [0.3, 0.4) is 0 Å². The molecule has 0 heterocycles. The highest BCUT2D eigenvalue weighted by molar-refractivity contribution is 7.88. The number of rotatable bonds is 7. The summed E-state index contributed by atoms with van der Waals surface area (Å²) in [5.41, 5.74) is 0. The van der Waals surface area contributed by atoms with E-state index >= 15 is 0 Å². The molecular formula is C12H26N2O4S2. The Labute approximate surface area is 124 Å². The maximum Gasteiger partial charge on any atom is 0.238 e. The smallest absolute Gasteiger partial charge is 0.238 e. The van der Waals surface area contributed by atoms with Crippen molar-refractivity contribution in [3.05, 3.63) is 0 Å². The summed E-state index contributed by atoms with van der Waals surface area (Å²) in [6.45, 7) is 9.38. The highest BCUT2D eigenvalue weighted by Crippen LogP contribution is 2.10. The summed E-state index contributed by atoms with van der Waals surface area (Å²) >= 11 is 0. The van der Waals surface area contributed by atoms with Gasteiger partial charge >= 0.3 is 0 Å². The van der Waals surface area contributed by atoms with Crippen LogP contribution in [0.2, 0.25) is 0 Å². The first-order valence-corrected chi connectivity index (χ1v) is 9.69. The summed E-state index contributed by atoms with van der Waals surface area (Å²) in [4.78, 5) is 12.0. The van der Waals surface area contributed by atoms with E-state index in [0.29, 0.717) is 5.75 Å². The van der Waals surface area contributed by atoms with E-state index in [-0.39, 0.29) is 17.2 Å². The molecular weight excluding hydrogens is 300 g/mol. The van der Waals surface area contributed by atoms with E-state index in [9.17, 15) is 17.4 Å². The van der Waals surface area contributed by atoms with Gasteiger partial charge in [0.1, 0.15) is 6.04 Å². The monoisotopic (exact) mass is 326 g/mol.